The van der Waals surface area contributed by atoms with Crippen LogP contribution in [0.5, 0.6) is 0 Å². The van der Waals surface area contributed by atoms with Gasteiger partial charge in [-0.15, -0.1) is 0 Å². The minimum absolute atomic E-state index is 0.0980. The highest BCUT2D eigenvalue weighted by atomic mass is 19.4. The average Bonchev–Trinajstić information content (AvgIpc) is 3.17. The number of aromatic nitrogens is 1. The van der Waals surface area contributed by atoms with Crippen molar-refractivity contribution < 1.29 is 32.6 Å². The summed E-state index contributed by atoms with van der Waals surface area (Å²) in [6.45, 7) is 2.14. The van der Waals surface area contributed by atoms with Crippen LogP contribution in [0.15, 0.2) is 54.7 Å². The van der Waals surface area contributed by atoms with Crippen LogP contribution in [0.4, 0.5) is 19.0 Å². The molecule has 3 heterocycles. The van der Waals surface area contributed by atoms with Crippen LogP contribution in [-0.4, -0.2) is 64.4 Å². The van der Waals surface area contributed by atoms with Crippen molar-refractivity contribution in [1.29, 1.82) is 0 Å². The first-order chi connectivity index (χ1) is 15.2. The standard InChI is InChI=1S/C20H23N3O2.C2HF3O2/c24-19(16-6-2-1-3-7-16)23-12-10-20(15-23)14-17(9-13-25-20)22-18-8-4-5-11-21-18;3-2(4,5)1(6)7/h1-8,11,17H,9-10,12-15H2,(H,21,22);(H,6,7)/t17-,20-;/m1./s1. The zero-order valence-corrected chi connectivity index (χ0v) is 17.2. The van der Waals surface area contributed by atoms with Crippen LogP contribution in [0.3, 0.4) is 0 Å². The summed E-state index contributed by atoms with van der Waals surface area (Å²) in [6, 6.07) is 15.7. The number of halogens is 3. The Balaban J connectivity index is 0.000000360. The highest BCUT2D eigenvalue weighted by Crippen LogP contribution is 2.35. The number of nitrogens with zero attached hydrogens (tertiary/aromatic N) is 2. The monoisotopic (exact) mass is 451 g/mol. The fraction of sp³-hybridized carbons (Fsp3) is 0.409. The van der Waals surface area contributed by atoms with Gasteiger partial charge < -0.3 is 20.1 Å². The molecule has 7 nitrogen and oxygen atoms in total. The number of carboxylic acids is 1. The summed E-state index contributed by atoms with van der Waals surface area (Å²) in [5.41, 5.74) is 0.522. The molecule has 0 radical (unpaired) electrons. The van der Waals surface area contributed by atoms with Crippen LogP contribution < -0.4 is 5.32 Å². The molecule has 4 rings (SSSR count). The van der Waals surface area contributed by atoms with Crippen molar-refractivity contribution in [2.75, 3.05) is 25.0 Å². The van der Waals surface area contributed by atoms with E-state index in [0.717, 1.165) is 43.8 Å². The van der Waals surface area contributed by atoms with Crippen molar-refractivity contribution in [3.63, 3.8) is 0 Å². The molecule has 2 aromatic rings. The van der Waals surface area contributed by atoms with Crippen molar-refractivity contribution >= 4 is 17.7 Å². The Bertz CT molecular complexity index is 912. The van der Waals surface area contributed by atoms with Crippen LogP contribution in [-0.2, 0) is 9.53 Å². The predicted molar refractivity (Wildman–Crippen MR) is 110 cm³/mol. The van der Waals surface area contributed by atoms with Crippen LogP contribution in [0.2, 0.25) is 0 Å². The fourth-order valence-electron chi connectivity index (χ4n) is 3.87. The van der Waals surface area contributed by atoms with Gasteiger partial charge in [-0.2, -0.15) is 13.2 Å². The number of carbonyl (C=O) groups excluding carboxylic acids is 1. The van der Waals surface area contributed by atoms with E-state index in [1.54, 1.807) is 6.20 Å². The van der Waals surface area contributed by atoms with Crippen LogP contribution in [0.25, 0.3) is 0 Å². The number of hydrogen-bond acceptors (Lipinski definition) is 5. The molecule has 0 saturated carbocycles. The summed E-state index contributed by atoms with van der Waals surface area (Å²) in [4.78, 5) is 27.9. The van der Waals surface area contributed by atoms with Gasteiger partial charge in [0.15, 0.2) is 0 Å². The molecule has 0 bridgehead atoms. The largest absolute Gasteiger partial charge is 0.490 e. The molecule has 1 aromatic heterocycles. The number of likely N-dealkylation sites (tertiary alicyclic amines) is 1. The molecular weight excluding hydrogens is 427 g/mol. The topological polar surface area (TPSA) is 91.8 Å². The van der Waals surface area contributed by atoms with Gasteiger partial charge >= 0.3 is 12.1 Å². The van der Waals surface area contributed by atoms with Crippen molar-refractivity contribution in [3.05, 3.63) is 60.3 Å². The Hall–Kier alpha value is -3.14. The minimum atomic E-state index is -5.08. The van der Waals surface area contributed by atoms with Gasteiger partial charge in [-0.3, -0.25) is 4.79 Å². The van der Waals surface area contributed by atoms with Gasteiger partial charge in [0.05, 0.1) is 12.1 Å². The summed E-state index contributed by atoms with van der Waals surface area (Å²) in [7, 11) is 0. The van der Waals surface area contributed by atoms with Crippen molar-refractivity contribution in [2.45, 2.75) is 37.1 Å². The third-order valence-electron chi connectivity index (χ3n) is 5.38. The van der Waals surface area contributed by atoms with Crippen LogP contribution in [0, 0.1) is 0 Å². The lowest BCUT2D eigenvalue weighted by Gasteiger charge is -2.38. The Morgan fingerprint density at radius 1 is 1.16 bits per heavy atom. The number of ether oxygens (including phenoxy) is 1. The maximum Gasteiger partial charge on any atom is 0.490 e. The van der Waals surface area contributed by atoms with E-state index in [2.05, 4.69) is 10.3 Å². The highest BCUT2D eigenvalue weighted by Gasteiger charge is 2.44. The summed E-state index contributed by atoms with van der Waals surface area (Å²) >= 11 is 0. The van der Waals surface area contributed by atoms with E-state index >= 15 is 0 Å². The second-order valence-electron chi connectivity index (χ2n) is 7.73. The van der Waals surface area contributed by atoms with E-state index in [0.29, 0.717) is 12.6 Å². The van der Waals surface area contributed by atoms with Crippen molar-refractivity contribution in [1.82, 2.24) is 9.88 Å². The maximum absolute atomic E-state index is 12.7. The lowest BCUT2D eigenvalue weighted by atomic mass is 9.89. The molecule has 2 fully saturated rings. The SMILES string of the molecule is O=C(O)C(F)(F)F.O=C(c1ccccc1)N1CC[C@@]2(C[C@H](Nc3ccccn3)CCO2)C1. The first-order valence-corrected chi connectivity index (χ1v) is 10.1. The van der Waals surface area contributed by atoms with E-state index in [4.69, 9.17) is 14.6 Å². The van der Waals surface area contributed by atoms with Crippen LogP contribution >= 0.6 is 0 Å². The summed E-state index contributed by atoms with van der Waals surface area (Å²) in [5, 5.41) is 10.6. The lowest BCUT2D eigenvalue weighted by Crippen LogP contribution is -2.47. The number of amides is 1. The number of nitrogens with one attached hydrogen (secondary N) is 1. The third-order valence-corrected chi connectivity index (χ3v) is 5.38. The highest BCUT2D eigenvalue weighted by molar-refractivity contribution is 5.94. The van der Waals surface area contributed by atoms with Crippen molar-refractivity contribution in [2.24, 2.45) is 0 Å². The molecule has 1 aromatic carbocycles. The van der Waals surface area contributed by atoms with E-state index < -0.39 is 12.1 Å². The molecule has 32 heavy (non-hydrogen) atoms. The molecule has 2 aliphatic heterocycles. The lowest BCUT2D eigenvalue weighted by molar-refractivity contribution is -0.192. The normalized spacial score (nSPS) is 22.7. The number of aliphatic carboxylic acids is 1. The molecule has 2 aliphatic rings. The number of carbonyl (C=O) groups is 2. The van der Waals surface area contributed by atoms with E-state index in [1.807, 2.05) is 53.4 Å². The zero-order valence-electron chi connectivity index (χ0n) is 17.2. The van der Waals surface area contributed by atoms with E-state index in [9.17, 15) is 18.0 Å². The fourth-order valence-corrected chi connectivity index (χ4v) is 3.87. The Morgan fingerprint density at radius 2 is 1.84 bits per heavy atom. The third kappa shape index (κ3) is 6.19. The molecular formula is C22H24F3N3O4. The molecule has 10 heteroatoms. The van der Waals surface area contributed by atoms with Gasteiger partial charge in [0, 0.05) is 31.0 Å². The first-order valence-electron chi connectivity index (χ1n) is 10.1. The zero-order chi connectivity index (χ0) is 23.2. The maximum atomic E-state index is 12.7. The van der Waals surface area contributed by atoms with Gasteiger partial charge in [-0.1, -0.05) is 24.3 Å². The number of hydrogen-bond donors (Lipinski definition) is 2. The van der Waals surface area contributed by atoms with E-state index in [-0.39, 0.29) is 11.5 Å². The second-order valence-corrected chi connectivity index (χ2v) is 7.73. The smallest absolute Gasteiger partial charge is 0.475 e. The van der Waals surface area contributed by atoms with Gasteiger partial charge in [-0.25, -0.2) is 9.78 Å². The molecule has 1 spiro atoms. The average molecular weight is 451 g/mol. The first kappa shape index (κ1) is 23.5. The van der Waals surface area contributed by atoms with Crippen LogP contribution in [0.1, 0.15) is 29.6 Å². The number of pyridine rings is 1. The second kappa shape index (κ2) is 9.99. The number of benzene rings is 1. The predicted octanol–water partition coefficient (Wildman–Crippen LogP) is 3.59. The molecule has 2 N–H and O–H groups in total. The van der Waals surface area contributed by atoms with Gasteiger partial charge in [0.2, 0.25) is 0 Å². The Morgan fingerprint density at radius 3 is 2.47 bits per heavy atom. The van der Waals surface area contributed by atoms with Gasteiger partial charge in [0.25, 0.3) is 5.91 Å². The summed E-state index contributed by atoms with van der Waals surface area (Å²) in [6.07, 6.45) is -0.521. The van der Waals surface area contributed by atoms with Gasteiger partial charge in [0.1, 0.15) is 5.82 Å². The number of rotatable bonds is 3. The van der Waals surface area contributed by atoms with Crippen molar-refractivity contribution in [3.8, 4) is 0 Å². The summed E-state index contributed by atoms with van der Waals surface area (Å²) < 4.78 is 37.9. The molecule has 1 amide bonds. The molecule has 0 aliphatic carbocycles. The molecule has 172 valence electrons. The number of anilines is 1. The summed E-state index contributed by atoms with van der Waals surface area (Å²) in [5.74, 6) is -1.76. The van der Waals surface area contributed by atoms with Gasteiger partial charge in [-0.05, 0) is 43.5 Å². The Labute approximate surface area is 183 Å². The van der Waals surface area contributed by atoms with E-state index in [1.165, 1.54) is 0 Å². The minimum Gasteiger partial charge on any atom is -0.475 e. The molecule has 2 atom stereocenters. The number of alkyl halides is 3. The quantitative estimate of drug-likeness (QED) is 0.741. The Kier molecular flexibility index (Phi) is 7.34. The molecule has 0 unspecified atom stereocenters. The molecule has 2 saturated heterocycles. The number of carboxylic acid groups (broad SMARTS) is 1.